The summed E-state index contributed by atoms with van der Waals surface area (Å²) >= 11 is 0. The molecule has 0 heterocycles. The number of carbonyl (C=O) groups excluding carboxylic acids is 2. The maximum absolute atomic E-state index is 12.9. The molecule has 1 atom stereocenters. The van der Waals surface area contributed by atoms with Gasteiger partial charge in [0.2, 0.25) is 0 Å². The molecule has 2 rings (SSSR count). The molecule has 0 fully saturated rings. The summed E-state index contributed by atoms with van der Waals surface area (Å²) in [5.74, 6) is -2.11. The van der Waals surface area contributed by atoms with Crippen LogP contribution in [0.5, 0.6) is 0 Å². The van der Waals surface area contributed by atoms with E-state index in [1.807, 2.05) is 19.1 Å². The molecule has 0 saturated heterocycles. The average Bonchev–Trinajstić information content (AvgIpc) is 2.55. The fourth-order valence-electron chi connectivity index (χ4n) is 2.07. The fraction of sp³-hybridized carbons (Fsp3) is 0.222. The number of halogens is 1. The second-order valence-electron chi connectivity index (χ2n) is 5.78. The highest BCUT2D eigenvalue weighted by Gasteiger charge is 2.25. The molecule has 0 aliphatic rings. The van der Waals surface area contributed by atoms with Crippen LogP contribution in [-0.4, -0.2) is 23.5 Å². The molecule has 0 spiro atoms. The van der Waals surface area contributed by atoms with E-state index in [2.05, 4.69) is 10.6 Å². The van der Waals surface area contributed by atoms with Gasteiger partial charge in [-0.3, -0.25) is 9.59 Å². The van der Waals surface area contributed by atoms with Crippen molar-refractivity contribution in [3.05, 3.63) is 65.5 Å². The zero-order valence-corrected chi connectivity index (χ0v) is 13.5. The minimum Gasteiger partial charge on any atom is -0.384 e. The summed E-state index contributed by atoms with van der Waals surface area (Å²) in [7, 11) is 0. The predicted molar refractivity (Wildman–Crippen MR) is 88.8 cm³/mol. The zero-order chi connectivity index (χ0) is 17.7. The lowest BCUT2D eigenvalue weighted by atomic mass is 9.96. The number of carbonyl (C=O) groups is 2. The molecule has 2 amide bonds. The van der Waals surface area contributed by atoms with Gasteiger partial charge in [-0.15, -0.1) is 0 Å². The van der Waals surface area contributed by atoms with Crippen LogP contribution in [0.1, 0.15) is 18.1 Å². The van der Waals surface area contributed by atoms with Crippen molar-refractivity contribution in [2.45, 2.75) is 19.4 Å². The first-order chi connectivity index (χ1) is 11.3. The lowest BCUT2D eigenvalue weighted by Gasteiger charge is -2.24. The molecule has 2 aromatic rings. The fourth-order valence-corrected chi connectivity index (χ4v) is 2.07. The Balaban J connectivity index is 1.92. The maximum Gasteiger partial charge on any atom is 0.313 e. The summed E-state index contributed by atoms with van der Waals surface area (Å²) in [6.07, 6.45) is 0. The molecule has 1 unspecified atom stereocenters. The molecule has 0 radical (unpaired) electrons. The monoisotopic (exact) mass is 330 g/mol. The number of anilines is 1. The van der Waals surface area contributed by atoms with Gasteiger partial charge in [-0.05, 0) is 43.7 Å². The van der Waals surface area contributed by atoms with Crippen molar-refractivity contribution in [2.75, 3.05) is 11.9 Å². The molecular weight excluding hydrogens is 311 g/mol. The van der Waals surface area contributed by atoms with Crippen LogP contribution in [0, 0.1) is 12.7 Å². The van der Waals surface area contributed by atoms with Gasteiger partial charge in [-0.25, -0.2) is 4.39 Å². The van der Waals surface area contributed by atoms with Crippen LogP contribution in [0.15, 0.2) is 48.5 Å². The summed E-state index contributed by atoms with van der Waals surface area (Å²) < 4.78 is 12.9. The second kappa shape index (κ2) is 7.23. The molecule has 3 N–H and O–H groups in total. The predicted octanol–water partition coefficient (Wildman–Crippen LogP) is 2.10. The average molecular weight is 330 g/mol. The molecule has 6 heteroatoms. The Morgan fingerprint density at radius 2 is 1.62 bits per heavy atom. The number of nitrogens with one attached hydrogen (secondary N) is 2. The van der Waals surface area contributed by atoms with E-state index in [-0.39, 0.29) is 6.54 Å². The third-order valence-corrected chi connectivity index (χ3v) is 3.57. The smallest absolute Gasteiger partial charge is 0.313 e. The van der Waals surface area contributed by atoms with Crippen LogP contribution < -0.4 is 10.6 Å². The number of aryl methyl sites for hydroxylation is 1. The summed E-state index contributed by atoms with van der Waals surface area (Å²) in [5, 5.41) is 15.2. The normalized spacial score (nSPS) is 13.0. The van der Waals surface area contributed by atoms with Crippen LogP contribution in [0.3, 0.4) is 0 Å². The lowest BCUT2D eigenvalue weighted by Crippen LogP contribution is -2.43. The van der Waals surface area contributed by atoms with Crippen LogP contribution in [0.4, 0.5) is 10.1 Å². The number of hydrogen-bond acceptors (Lipinski definition) is 3. The minimum absolute atomic E-state index is 0.182. The number of rotatable bonds is 4. The molecule has 0 aliphatic heterocycles. The van der Waals surface area contributed by atoms with Crippen molar-refractivity contribution >= 4 is 17.5 Å². The molecule has 24 heavy (non-hydrogen) atoms. The van der Waals surface area contributed by atoms with E-state index in [4.69, 9.17) is 0 Å². The molecule has 126 valence electrons. The van der Waals surface area contributed by atoms with E-state index in [0.717, 1.165) is 5.56 Å². The van der Waals surface area contributed by atoms with Gasteiger partial charge in [0.1, 0.15) is 11.4 Å². The number of hydrogen-bond donors (Lipinski definition) is 3. The highest BCUT2D eigenvalue weighted by atomic mass is 19.1. The molecule has 0 aliphatic carbocycles. The summed E-state index contributed by atoms with van der Waals surface area (Å²) in [6.45, 7) is 3.20. The SMILES string of the molecule is Cc1ccc(NC(=O)C(=O)NCC(C)(O)c2ccc(F)cc2)cc1. The highest BCUT2D eigenvalue weighted by molar-refractivity contribution is 6.39. The first kappa shape index (κ1) is 17.6. The Hall–Kier alpha value is -2.73. The third-order valence-electron chi connectivity index (χ3n) is 3.57. The maximum atomic E-state index is 12.9. The number of amides is 2. The van der Waals surface area contributed by atoms with Crippen molar-refractivity contribution in [3.63, 3.8) is 0 Å². The number of aliphatic hydroxyl groups is 1. The minimum atomic E-state index is -1.42. The van der Waals surface area contributed by atoms with E-state index >= 15 is 0 Å². The van der Waals surface area contributed by atoms with Gasteiger partial charge in [-0.1, -0.05) is 29.8 Å². The molecule has 0 bridgehead atoms. The molecule has 2 aromatic carbocycles. The zero-order valence-electron chi connectivity index (χ0n) is 13.5. The van der Waals surface area contributed by atoms with Gasteiger partial charge in [0.05, 0.1) is 6.54 Å². The van der Waals surface area contributed by atoms with Gasteiger partial charge in [-0.2, -0.15) is 0 Å². The van der Waals surface area contributed by atoms with Gasteiger partial charge >= 0.3 is 11.8 Å². The van der Waals surface area contributed by atoms with Crippen molar-refractivity contribution in [2.24, 2.45) is 0 Å². The molecule has 0 saturated carbocycles. The first-order valence-corrected chi connectivity index (χ1v) is 7.42. The van der Waals surface area contributed by atoms with Gasteiger partial charge in [0.15, 0.2) is 0 Å². The van der Waals surface area contributed by atoms with E-state index in [9.17, 15) is 19.1 Å². The van der Waals surface area contributed by atoms with Crippen molar-refractivity contribution < 1.29 is 19.1 Å². The molecule has 5 nitrogen and oxygen atoms in total. The summed E-state index contributed by atoms with van der Waals surface area (Å²) in [4.78, 5) is 23.7. The Morgan fingerprint density at radius 3 is 2.21 bits per heavy atom. The summed E-state index contributed by atoms with van der Waals surface area (Å²) in [6, 6.07) is 12.3. The highest BCUT2D eigenvalue weighted by Crippen LogP contribution is 2.19. The van der Waals surface area contributed by atoms with E-state index in [1.165, 1.54) is 31.2 Å². The second-order valence-corrected chi connectivity index (χ2v) is 5.78. The van der Waals surface area contributed by atoms with Gasteiger partial charge in [0.25, 0.3) is 0 Å². The molecule has 0 aromatic heterocycles. The van der Waals surface area contributed by atoms with E-state index in [1.54, 1.807) is 12.1 Å². The van der Waals surface area contributed by atoms with Crippen molar-refractivity contribution in [1.82, 2.24) is 5.32 Å². The Morgan fingerprint density at radius 1 is 1.04 bits per heavy atom. The van der Waals surface area contributed by atoms with Crippen molar-refractivity contribution in [1.29, 1.82) is 0 Å². The third kappa shape index (κ3) is 4.63. The van der Waals surface area contributed by atoms with E-state index < -0.39 is 23.2 Å². The number of benzene rings is 2. The lowest BCUT2D eigenvalue weighted by molar-refractivity contribution is -0.136. The van der Waals surface area contributed by atoms with E-state index in [0.29, 0.717) is 11.3 Å². The quantitative estimate of drug-likeness (QED) is 0.751. The van der Waals surface area contributed by atoms with Crippen LogP contribution in [0.2, 0.25) is 0 Å². The van der Waals surface area contributed by atoms with Gasteiger partial charge in [0, 0.05) is 5.69 Å². The molecular formula is C18H19FN2O3. The standard InChI is InChI=1S/C18H19FN2O3/c1-12-3-9-15(10-4-12)21-17(23)16(22)20-11-18(2,24)13-5-7-14(19)8-6-13/h3-10,24H,11H2,1-2H3,(H,20,22)(H,21,23). The Labute approximate surface area is 139 Å². The van der Waals surface area contributed by atoms with Gasteiger partial charge < -0.3 is 15.7 Å². The topological polar surface area (TPSA) is 78.4 Å². The Bertz CT molecular complexity index is 725. The Kier molecular flexibility index (Phi) is 5.31. The van der Waals surface area contributed by atoms with Crippen molar-refractivity contribution in [3.8, 4) is 0 Å². The van der Waals surface area contributed by atoms with Crippen LogP contribution in [-0.2, 0) is 15.2 Å². The summed E-state index contributed by atoms with van der Waals surface area (Å²) in [5.41, 5.74) is 0.551. The first-order valence-electron chi connectivity index (χ1n) is 7.42. The van der Waals surface area contributed by atoms with Crippen LogP contribution >= 0.6 is 0 Å². The van der Waals surface area contributed by atoms with Crippen LogP contribution in [0.25, 0.3) is 0 Å². The largest absolute Gasteiger partial charge is 0.384 e.